The Kier molecular flexibility index (Phi) is 7.03. The third kappa shape index (κ3) is 4.32. The normalized spacial score (nSPS) is 26.1. The van der Waals surface area contributed by atoms with E-state index in [0.717, 1.165) is 0 Å². The monoisotopic (exact) mass is 436 g/mol. The van der Waals surface area contributed by atoms with Gasteiger partial charge in [0.2, 0.25) is 6.29 Å². The zero-order chi connectivity index (χ0) is 22.9. The maximum atomic E-state index is 12.6. The molecule has 3 rings (SSSR count). The van der Waals surface area contributed by atoms with Crippen LogP contribution in [0.5, 0.6) is 17.2 Å². The van der Waals surface area contributed by atoms with Crippen LogP contribution in [-0.2, 0) is 4.74 Å². The van der Waals surface area contributed by atoms with Gasteiger partial charge >= 0.3 is 0 Å². The minimum Gasteiger partial charge on any atom is -0.506 e. The van der Waals surface area contributed by atoms with Crippen molar-refractivity contribution in [1.29, 1.82) is 0 Å². The predicted molar refractivity (Wildman–Crippen MR) is 111 cm³/mol. The van der Waals surface area contributed by atoms with E-state index in [9.17, 15) is 30.3 Å². The Balaban J connectivity index is 2.12. The van der Waals surface area contributed by atoms with Gasteiger partial charge in [0.25, 0.3) is 0 Å². The number of aliphatic hydroxyl groups excluding tert-OH is 4. The fraction of sp³-hybridized carbons (Fsp3) is 0.500. The van der Waals surface area contributed by atoms with Crippen molar-refractivity contribution in [3.63, 3.8) is 0 Å². The van der Waals surface area contributed by atoms with Gasteiger partial charge in [-0.05, 0) is 30.4 Å². The first-order chi connectivity index (χ1) is 14.7. The van der Waals surface area contributed by atoms with Gasteiger partial charge in [0.1, 0.15) is 41.7 Å². The highest BCUT2D eigenvalue weighted by Crippen LogP contribution is 2.42. The summed E-state index contributed by atoms with van der Waals surface area (Å²) in [5, 5.41) is 51.4. The molecule has 31 heavy (non-hydrogen) atoms. The molecule has 0 aromatic heterocycles. The molecule has 2 aromatic rings. The number of Topliss-reactive ketones (excluding diaryl/α,β-unsaturated/α-hetero) is 1. The maximum absolute atomic E-state index is 12.6. The molecular formula is C22H28O9. The molecule has 5 atom stereocenters. The molecule has 1 fully saturated rings. The van der Waals surface area contributed by atoms with Crippen molar-refractivity contribution in [1.82, 2.24) is 0 Å². The van der Waals surface area contributed by atoms with Crippen LogP contribution in [0.4, 0.5) is 0 Å². The number of aryl methyl sites for hydroxylation is 1. The minimum absolute atomic E-state index is 0.0433. The van der Waals surface area contributed by atoms with Gasteiger partial charge in [-0.15, -0.1) is 0 Å². The molecule has 9 heteroatoms. The Morgan fingerprint density at radius 2 is 1.84 bits per heavy atom. The van der Waals surface area contributed by atoms with Crippen LogP contribution in [0.2, 0.25) is 0 Å². The van der Waals surface area contributed by atoms with Crippen LogP contribution in [0.25, 0.3) is 10.8 Å². The third-order valence-electron chi connectivity index (χ3n) is 5.43. The number of hydrogen-bond acceptors (Lipinski definition) is 9. The molecule has 1 aliphatic rings. The Morgan fingerprint density at radius 3 is 2.45 bits per heavy atom. The number of carbonyl (C=O) groups excluding carboxylic acids is 1. The van der Waals surface area contributed by atoms with Crippen molar-refractivity contribution < 1.29 is 44.5 Å². The van der Waals surface area contributed by atoms with Crippen LogP contribution >= 0.6 is 0 Å². The van der Waals surface area contributed by atoms with Gasteiger partial charge in [0.15, 0.2) is 5.78 Å². The minimum atomic E-state index is -1.63. The first-order valence-electron chi connectivity index (χ1n) is 10.1. The molecule has 0 bridgehead atoms. The molecule has 0 saturated carbocycles. The van der Waals surface area contributed by atoms with E-state index in [1.807, 2.05) is 6.92 Å². The number of methoxy groups -OCH3 is 1. The van der Waals surface area contributed by atoms with Crippen molar-refractivity contribution in [2.75, 3.05) is 13.7 Å². The Bertz CT molecular complexity index is 956. The van der Waals surface area contributed by atoms with E-state index in [1.54, 1.807) is 19.1 Å². The first-order valence-corrected chi connectivity index (χ1v) is 10.1. The Labute approximate surface area is 179 Å². The van der Waals surface area contributed by atoms with Crippen LogP contribution in [-0.4, -0.2) is 75.7 Å². The standard InChI is InChI=1S/C22H28O9/c1-4-5-13(24)16-10(2)6-11-7-12(29-3)8-14(17(11)19(16)26)30-22-21(28)20(27)18(25)15(9-23)31-22/h6-8,15,18,20-23,25-28H,4-5,9H2,1-3H3/t15-,18-,20+,21-,22-/m1/s1. The molecule has 0 unspecified atom stereocenters. The smallest absolute Gasteiger partial charge is 0.229 e. The SMILES string of the molecule is CCCC(=O)c1c(C)cc2cc(OC)cc(O[C@@H]3O[C@H](CO)[C@@H](O)[C@H](O)[C@H]3O)c2c1O. The number of aromatic hydroxyl groups is 1. The molecule has 1 saturated heterocycles. The van der Waals surface area contributed by atoms with Crippen molar-refractivity contribution in [3.05, 3.63) is 29.3 Å². The number of phenolic OH excluding ortho intramolecular Hbond substituents is 1. The molecule has 0 amide bonds. The van der Waals surface area contributed by atoms with E-state index in [-0.39, 0.29) is 34.7 Å². The largest absolute Gasteiger partial charge is 0.506 e. The molecule has 0 spiro atoms. The fourth-order valence-electron chi connectivity index (χ4n) is 3.80. The lowest BCUT2D eigenvalue weighted by Gasteiger charge is -2.39. The molecule has 0 radical (unpaired) electrons. The van der Waals surface area contributed by atoms with Crippen molar-refractivity contribution in [3.8, 4) is 17.2 Å². The number of rotatable bonds is 7. The second kappa shape index (κ2) is 9.37. The molecule has 1 heterocycles. The molecule has 1 aliphatic heterocycles. The van der Waals surface area contributed by atoms with E-state index in [0.29, 0.717) is 23.1 Å². The molecular weight excluding hydrogens is 408 g/mol. The summed E-state index contributed by atoms with van der Waals surface area (Å²) in [7, 11) is 1.45. The Hall–Kier alpha value is -2.43. The van der Waals surface area contributed by atoms with Gasteiger partial charge in [-0.25, -0.2) is 0 Å². The van der Waals surface area contributed by atoms with E-state index in [2.05, 4.69) is 0 Å². The number of aliphatic hydroxyl groups is 4. The highest BCUT2D eigenvalue weighted by Gasteiger charge is 2.45. The maximum Gasteiger partial charge on any atom is 0.229 e. The van der Waals surface area contributed by atoms with Gasteiger partial charge in [0.05, 0.1) is 24.7 Å². The summed E-state index contributed by atoms with van der Waals surface area (Å²) in [6.45, 7) is 2.98. The van der Waals surface area contributed by atoms with E-state index < -0.39 is 37.3 Å². The van der Waals surface area contributed by atoms with Crippen LogP contribution in [0.1, 0.15) is 35.7 Å². The number of fused-ring (bicyclic) bond motifs is 1. The third-order valence-corrected chi connectivity index (χ3v) is 5.43. The van der Waals surface area contributed by atoms with Crippen molar-refractivity contribution in [2.24, 2.45) is 0 Å². The fourth-order valence-corrected chi connectivity index (χ4v) is 3.80. The van der Waals surface area contributed by atoms with E-state index in [1.165, 1.54) is 13.2 Å². The predicted octanol–water partition coefficient (Wildman–Crippen LogP) is 1.02. The number of hydrogen-bond donors (Lipinski definition) is 5. The highest BCUT2D eigenvalue weighted by molar-refractivity contribution is 6.08. The second-order valence-electron chi connectivity index (χ2n) is 7.63. The zero-order valence-electron chi connectivity index (χ0n) is 17.6. The number of ketones is 1. The number of carbonyl (C=O) groups is 1. The second-order valence-corrected chi connectivity index (χ2v) is 7.63. The summed E-state index contributed by atoms with van der Waals surface area (Å²) in [5.41, 5.74) is 0.772. The summed E-state index contributed by atoms with van der Waals surface area (Å²) >= 11 is 0. The highest BCUT2D eigenvalue weighted by atomic mass is 16.7. The zero-order valence-corrected chi connectivity index (χ0v) is 17.6. The van der Waals surface area contributed by atoms with Crippen LogP contribution in [0.3, 0.4) is 0 Å². The van der Waals surface area contributed by atoms with Crippen molar-refractivity contribution >= 4 is 16.6 Å². The lowest BCUT2D eigenvalue weighted by atomic mass is 9.95. The van der Waals surface area contributed by atoms with Gasteiger partial charge < -0.3 is 39.7 Å². The van der Waals surface area contributed by atoms with Gasteiger partial charge in [-0.1, -0.05) is 13.0 Å². The molecule has 170 valence electrons. The van der Waals surface area contributed by atoms with Crippen molar-refractivity contribution in [2.45, 2.75) is 57.4 Å². The summed E-state index contributed by atoms with van der Waals surface area (Å²) in [6.07, 6.45) is -6.51. The van der Waals surface area contributed by atoms with Gasteiger partial charge in [-0.3, -0.25) is 4.79 Å². The van der Waals surface area contributed by atoms with Crippen LogP contribution in [0.15, 0.2) is 18.2 Å². The molecule has 2 aromatic carbocycles. The molecule has 0 aliphatic carbocycles. The summed E-state index contributed by atoms with van der Waals surface area (Å²) in [6, 6.07) is 4.84. The summed E-state index contributed by atoms with van der Waals surface area (Å²) in [5.74, 6) is -0.0510. The average Bonchev–Trinajstić information content (AvgIpc) is 2.73. The van der Waals surface area contributed by atoms with E-state index in [4.69, 9.17) is 14.2 Å². The first kappa shape index (κ1) is 23.2. The summed E-state index contributed by atoms with van der Waals surface area (Å²) in [4.78, 5) is 12.6. The van der Waals surface area contributed by atoms with Crippen LogP contribution < -0.4 is 9.47 Å². The molecule has 5 N–H and O–H groups in total. The lowest BCUT2D eigenvalue weighted by Crippen LogP contribution is -2.60. The summed E-state index contributed by atoms with van der Waals surface area (Å²) < 4.78 is 16.5. The van der Waals surface area contributed by atoms with E-state index >= 15 is 0 Å². The Morgan fingerprint density at radius 1 is 1.13 bits per heavy atom. The van der Waals surface area contributed by atoms with Gasteiger partial charge in [0, 0.05) is 12.5 Å². The average molecular weight is 436 g/mol. The number of ether oxygens (including phenoxy) is 3. The molecule has 9 nitrogen and oxygen atoms in total. The van der Waals surface area contributed by atoms with Gasteiger partial charge in [-0.2, -0.15) is 0 Å². The number of phenols is 1. The topological polar surface area (TPSA) is 146 Å². The quantitative estimate of drug-likeness (QED) is 0.402. The lowest BCUT2D eigenvalue weighted by molar-refractivity contribution is -0.277. The van der Waals surface area contributed by atoms with Crippen LogP contribution in [0, 0.1) is 6.92 Å². The number of benzene rings is 2.